The number of aliphatic hydroxyl groups excluding tert-OH is 1. The summed E-state index contributed by atoms with van der Waals surface area (Å²) in [6, 6.07) is 0. The van der Waals surface area contributed by atoms with Crippen LogP contribution < -0.4 is 0 Å². The second-order valence-corrected chi connectivity index (χ2v) is 5.43. The van der Waals surface area contributed by atoms with E-state index in [-0.39, 0.29) is 11.5 Å². The summed E-state index contributed by atoms with van der Waals surface area (Å²) in [5.74, 6) is 1.19. The van der Waals surface area contributed by atoms with Gasteiger partial charge in [0.2, 0.25) is 0 Å². The van der Waals surface area contributed by atoms with E-state index in [0.717, 1.165) is 13.1 Å². The molecule has 0 radical (unpaired) electrons. The summed E-state index contributed by atoms with van der Waals surface area (Å²) in [7, 11) is 2.14. The monoisotopic (exact) mass is 183 g/mol. The topological polar surface area (TPSA) is 23.5 Å². The largest absolute Gasteiger partial charge is 0.392 e. The van der Waals surface area contributed by atoms with Crippen LogP contribution in [0.25, 0.3) is 0 Å². The number of aliphatic hydroxyl groups is 1. The molecule has 13 heavy (non-hydrogen) atoms. The van der Waals surface area contributed by atoms with E-state index in [1.54, 1.807) is 0 Å². The minimum Gasteiger partial charge on any atom is -0.392 e. The van der Waals surface area contributed by atoms with Gasteiger partial charge in [-0.25, -0.2) is 0 Å². The van der Waals surface area contributed by atoms with Crippen LogP contribution in [-0.4, -0.2) is 36.2 Å². The molecule has 2 aliphatic rings. The predicted octanol–water partition coefficient (Wildman–Crippen LogP) is 1.35. The van der Waals surface area contributed by atoms with E-state index >= 15 is 0 Å². The molecule has 2 atom stereocenters. The van der Waals surface area contributed by atoms with Crippen LogP contribution >= 0.6 is 0 Å². The third-order valence-corrected chi connectivity index (χ3v) is 4.03. The zero-order chi connectivity index (χ0) is 9.64. The Bertz CT molecular complexity index is 196. The molecule has 2 heteroatoms. The third kappa shape index (κ3) is 1.31. The molecule has 76 valence electrons. The van der Waals surface area contributed by atoms with Crippen LogP contribution in [-0.2, 0) is 0 Å². The molecule has 1 N–H and O–H groups in total. The van der Waals surface area contributed by atoms with Crippen molar-refractivity contribution in [2.75, 3.05) is 20.1 Å². The Kier molecular flexibility index (Phi) is 2.16. The summed E-state index contributed by atoms with van der Waals surface area (Å²) in [6.45, 7) is 6.68. The highest BCUT2D eigenvalue weighted by Crippen LogP contribution is 2.49. The Morgan fingerprint density at radius 1 is 1.38 bits per heavy atom. The molecule has 0 amide bonds. The van der Waals surface area contributed by atoms with Gasteiger partial charge in [-0.2, -0.15) is 0 Å². The van der Waals surface area contributed by atoms with E-state index in [1.165, 1.54) is 12.8 Å². The van der Waals surface area contributed by atoms with E-state index in [4.69, 9.17) is 0 Å². The fourth-order valence-corrected chi connectivity index (χ4v) is 3.29. The molecule has 1 heterocycles. The van der Waals surface area contributed by atoms with Crippen LogP contribution in [0.2, 0.25) is 0 Å². The molecule has 0 aromatic rings. The molecular formula is C11H21NO. The molecule has 1 aliphatic heterocycles. The third-order valence-electron chi connectivity index (χ3n) is 4.03. The SMILES string of the molecule is CC(C)C1CCC2(CN(C)C2)C1O. The van der Waals surface area contributed by atoms with Gasteiger partial charge in [0.05, 0.1) is 6.10 Å². The molecule has 1 spiro atoms. The number of likely N-dealkylation sites (tertiary alicyclic amines) is 1. The normalized spacial score (nSPS) is 38.5. The molecule has 2 unspecified atom stereocenters. The van der Waals surface area contributed by atoms with Gasteiger partial charge in [0.25, 0.3) is 0 Å². The van der Waals surface area contributed by atoms with Gasteiger partial charge in [-0.15, -0.1) is 0 Å². The Morgan fingerprint density at radius 3 is 2.38 bits per heavy atom. The summed E-state index contributed by atoms with van der Waals surface area (Å²) in [6.07, 6.45) is 2.43. The first kappa shape index (κ1) is 9.47. The average molecular weight is 183 g/mol. The van der Waals surface area contributed by atoms with E-state index in [2.05, 4.69) is 25.8 Å². The number of rotatable bonds is 1. The highest BCUT2D eigenvalue weighted by atomic mass is 16.3. The molecule has 0 aromatic heterocycles. The van der Waals surface area contributed by atoms with Crippen molar-refractivity contribution in [3.63, 3.8) is 0 Å². The van der Waals surface area contributed by atoms with Gasteiger partial charge in [-0.1, -0.05) is 13.8 Å². The van der Waals surface area contributed by atoms with Crippen molar-refractivity contribution in [1.29, 1.82) is 0 Å². The van der Waals surface area contributed by atoms with Crippen molar-refractivity contribution in [3.05, 3.63) is 0 Å². The minimum absolute atomic E-state index is 0.0382. The molecule has 1 saturated heterocycles. The molecule has 2 rings (SSSR count). The van der Waals surface area contributed by atoms with E-state index < -0.39 is 0 Å². The van der Waals surface area contributed by atoms with Gasteiger partial charge in [0.1, 0.15) is 0 Å². The van der Waals surface area contributed by atoms with E-state index in [0.29, 0.717) is 11.8 Å². The molecule has 2 nitrogen and oxygen atoms in total. The molecule has 1 saturated carbocycles. The Labute approximate surface area is 80.9 Å². The first-order chi connectivity index (χ1) is 6.05. The smallest absolute Gasteiger partial charge is 0.0651 e. The minimum atomic E-state index is -0.0382. The molecule has 0 aromatic carbocycles. The van der Waals surface area contributed by atoms with Gasteiger partial charge in [0, 0.05) is 18.5 Å². The standard InChI is InChI=1S/C11H21NO/c1-8(2)9-4-5-11(10(9)13)6-12(3)7-11/h8-10,13H,4-7H2,1-3H3. The van der Waals surface area contributed by atoms with Gasteiger partial charge in [-0.3, -0.25) is 0 Å². The van der Waals surface area contributed by atoms with Crippen molar-refractivity contribution in [1.82, 2.24) is 4.90 Å². The Hall–Kier alpha value is -0.0800. The van der Waals surface area contributed by atoms with Crippen molar-refractivity contribution in [3.8, 4) is 0 Å². The first-order valence-corrected chi connectivity index (χ1v) is 5.42. The Morgan fingerprint density at radius 2 is 2.00 bits per heavy atom. The number of hydrogen-bond donors (Lipinski definition) is 1. The predicted molar refractivity (Wildman–Crippen MR) is 53.5 cm³/mol. The van der Waals surface area contributed by atoms with Crippen molar-refractivity contribution in [2.45, 2.75) is 32.8 Å². The zero-order valence-corrected chi connectivity index (χ0v) is 8.95. The van der Waals surface area contributed by atoms with Crippen LogP contribution in [0, 0.1) is 17.3 Å². The summed E-state index contributed by atoms with van der Waals surface area (Å²) in [5, 5.41) is 10.2. The maximum atomic E-state index is 10.2. The highest BCUT2D eigenvalue weighted by Gasteiger charge is 2.53. The molecular weight excluding hydrogens is 162 g/mol. The fraction of sp³-hybridized carbons (Fsp3) is 1.00. The molecule has 2 fully saturated rings. The van der Waals surface area contributed by atoms with Crippen LogP contribution in [0.1, 0.15) is 26.7 Å². The lowest BCUT2D eigenvalue weighted by molar-refractivity contribution is -0.0793. The van der Waals surface area contributed by atoms with Crippen molar-refractivity contribution < 1.29 is 5.11 Å². The van der Waals surface area contributed by atoms with Crippen LogP contribution in [0.5, 0.6) is 0 Å². The summed E-state index contributed by atoms with van der Waals surface area (Å²) in [4.78, 5) is 2.31. The maximum absolute atomic E-state index is 10.2. The number of hydrogen-bond acceptors (Lipinski definition) is 2. The van der Waals surface area contributed by atoms with Gasteiger partial charge in [-0.05, 0) is 31.7 Å². The second-order valence-electron chi connectivity index (χ2n) is 5.43. The molecule has 0 bridgehead atoms. The lowest BCUT2D eigenvalue weighted by Gasteiger charge is -2.49. The van der Waals surface area contributed by atoms with Gasteiger partial charge in [0.15, 0.2) is 0 Å². The van der Waals surface area contributed by atoms with E-state index in [9.17, 15) is 5.11 Å². The first-order valence-electron chi connectivity index (χ1n) is 5.42. The van der Waals surface area contributed by atoms with Crippen molar-refractivity contribution in [2.24, 2.45) is 17.3 Å². The van der Waals surface area contributed by atoms with Gasteiger partial charge < -0.3 is 10.0 Å². The quantitative estimate of drug-likeness (QED) is 0.663. The lowest BCUT2D eigenvalue weighted by atomic mass is 9.74. The van der Waals surface area contributed by atoms with Crippen LogP contribution in [0.15, 0.2) is 0 Å². The summed E-state index contributed by atoms with van der Waals surface area (Å²) < 4.78 is 0. The number of nitrogens with zero attached hydrogens (tertiary/aromatic N) is 1. The highest BCUT2D eigenvalue weighted by molar-refractivity contribution is 5.05. The summed E-state index contributed by atoms with van der Waals surface area (Å²) >= 11 is 0. The van der Waals surface area contributed by atoms with E-state index in [1.807, 2.05) is 0 Å². The Balaban J connectivity index is 2.03. The second kappa shape index (κ2) is 2.96. The average Bonchev–Trinajstić information content (AvgIpc) is 2.28. The lowest BCUT2D eigenvalue weighted by Crippen LogP contribution is -2.59. The van der Waals surface area contributed by atoms with Crippen molar-refractivity contribution >= 4 is 0 Å². The van der Waals surface area contributed by atoms with Gasteiger partial charge >= 0.3 is 0 Å². The maximum Gasteiger partial charge on any atom is 0.0651 e. The zero-order valence-electron chi connectivity index (χ0n) is 8.95. The summed E-state index contributed by atoms with van der Waals surface area (Å²) in [5.41, 5.74) is 0.281. The fourth-order valence-electron chi connectivity index (χ4n) is 3.29. The van der Waals surface area contributed by atoms with Crippen LogP contribution in [0.4, 0.5) is 0 Å². The van der Waals surface area contributed by atoms with Crippen LogP contribution in [0.3, 0.4) is 0 Å². The molecule has 1 aliphatic carbocycles.